The predicted octanol–water partition coefficient (Wildman–Crippen LogP) is 3.22. The van der Waals surface area contributed by atoms with Crippen molar-refractivity contribution in [3.8, 4) is 0 Å². The van der Waals surface area contributed by atoms with Crippen LogP contribution in [0.4, 0.5) is 0 Å². The van der Waals surface area contributed by atoms with E-state index in [2.05, 4.69) is 50.5 Å². The molecule has 1 aliphatic carbocycles. The Morgan fingerprint density at radius 2 is 1.62 bits per heavy atom. The average Bonchev–Trinajstić information content (AvgIpc) is 2.90. The molecule has 0 unspecified atom stereocenters. The minimum absolute atomic E-state index is 0.754. The van der Waals surface area contributed by atoms with Gasteiger partial charge in [0.25, 0.3) is 8.05 Å². The summed E-state index contributed by atoms with van der Waals surface area (Å²) < 4.78 is 5.22. The van der Waals surface area contributed by atoms with Crippen LogP contribution in [0.3, 0.4) is 0 Å². The highest BCUT2D eigenvalue weighted by Crippen LogP contribution is 2.51. The van der Waals surface area contributed by atoms with Crippen molar-refractivity contribution < 1.29 is 4.34 Å². The fraction of sp³-hybridized carbons (Fsp3) is 0.500. The van der Waals surface area contributed by atoms with Crippen LogP contribution in [-0.4, -0.2) is 24.4 Å². The Hall–Kier alpha value is -0.321. The molecule has 0 atom stereocenters. The van der Waals surface area contributed by atoms with Crippen LogP contribution in [0.15, 0.2) is 24.3 Å². The Balaban J connectivity index is 2.12. The maximum Gasteiger partial charge on any atom is 0.263 e. The Morgan fingerprint density at radius 3 is 2.06 bits per heavy atom. The smallest absolute Gasteiger partial charge is 0.263 e. The van der Waals surface area contributed by atoms with Crippen molar-refractivity contribution in [1.82, 2.24) is 0 Å². The molecule has 0 spiro atoms. The van der Waals surface area contributed by atoms with Gasteiger partial charge in [-0.2, -0.15) is 0 Å². The second-order valence-corrected chi connectivity index (χ2v) is 15.8. The van der Waals surface area contributed by atoms with Gasteiger partial charge in [0.05, 0.1) is 8.07 Å². The van der Waals surface area contributed by atoms with Gasteiger partial charge in [0, 0.05) is 5.54 Å². The highest BCUT2D eigenvalue weighted by molar-refractivity contribution is 6.95. The molecule has 0 amide bonds. The molecular weight excluding hydrogens is 227 g/mol. The zero-order valence-corrected chi connectivity index (χ0v) is 12.6. The molecule has 16 heavy (non-hydrogen) atoms. The molecule has 1 nitrogen and oxygen atoms in total. The molecule has 0 heterocycles. The topological polar surface area (TPSA) is 9.23 Å². The van der Waals surface area contributed by atoms with Gasteiger partial charge in [0.1, 0.15) is 0 Å². The lowest BCUT2D eigenvalue weighted by Gasteiger charge is -2.31. The predicted molar refractivity (Wildman–Crippen MR) is 74.9 cm³/mol. The number of rotatable bonds is 4. The third-order valence-corrected chi connectivity index (χ3v) is 13.4. The molecule has 1 aliphatic rings. The molecule has 0 saturated heterocycles. The van der Waals surface area contributed by atoms with Gasteiger partial charge >= 0.3 is 0 Å². The molecule has 4 heteroatoms. The highest BCUT2D eigenvalue weighted by atomic mass is 28.4. The van der Waals surface area contributed by atoms with E-state index in [-0.39, 0.29) is 0 Å². The van der Waals surface area contributed by atoms with Crippen molar-refractivity contribution in [2.75, 3.05) is 0 Å². The van der Waals surface area contributed by atoms with Gasteiger partial charge in [0.2, 0.25) is 0 Å². The van der Waals surface area contributed by atoms with Crippen molar-refractivity contribution in [3.63, 3.8) is 0 Å². The van der Waals surface area contributed by atoms with Crippen LogP contribution in [0, 0.1) is 0 Å². The van der Waals surface area contributed by atoms with Gasteiger partial charge in [-0.1, -0.05) is 37.4 Å². The summed E-state index contributed by atoms with van der Waals surface area (Å²) in [5.74, 6) is 0. The Bertz CT molecular complexity index is 381. The van der Waals surface area contributed by atoms with Crippen molar-refractivity contribution in [2.24, 2.45) is 0 Å². The van der Waals surface area contributed by atoms with E-state index in [1.807, 2.05) is 0 Å². The van der Waals surface area contributed by atoms with Crippen LogP contribution in [0.5, 0.6) is 0 Å². The first kappa shape index (κ1) is 12.1. The molecular formula is C12H19BOSi2. The second-order valence-electron chi connectivity index (χ2n) is 6.10. The van der Waals surface area contributed by atoms with Gasteiger partial charge in [-0.3, -0.25) is 0 Å². The molecule has 84 valence electrons. The summed E-state index contributed by atoms with van der Waals surface area (Å²) in [6.07, 6.45) is 0. The lowest BCUT2D eigenvalue weighted by molar-refractivity contribution is 0.615. The molecule has 1 aromatic carbocycles. The SMILES string of the molecule is [B]O[Si](C)(C)C[Si](C)(C)C1c2ccccc21. The van der Waals surface area contributed by atoms with Gasteiger partial charge in [-0.25, -0.2) is 0 Å². The Kier molecular flexibility index (Phi) is 2.93. The maximum absolute atomic E-state index is 5.42. The Labute approximate surface area is 102 Å². The first-order valence-corrected chi connectivity index (χ1v) is 12.2. The average molecular weight is 246 g/mol. The quantitative estimate of drug-likeness (QED) is 0.741. The summed E-state index contributed by atoms with van der Waals surface area (Å²) in [6, 6.07) is 8.83. The van der Waals surface area contributed by atoms with E-state index in [0.717, 1.165) is 5.54 Å². The molecule has 2 radical (unpaired) electrons. The number of hydrogen-bond donors (Lipinski definition) is 0. The van der Waals surface area contributed by atoms with E-state index in [4.69, 9.17) is 12.4 Å². The summed E-state index contributed by atoms with van der Waals surface area (Å²) >= 11 is 0. The van der Waals surface area contributed by atoms with Crippen LogP contribution >= 0.6 is 0 Å². The summed E-state index contributed by atoms with van der Waals surface area (Å²) in [4.78, 5) is 0. The van der Waals surface area contributed by atoms with E-state index in [1.165, 1.54) is 5.67 Å². The number of fused-ring (bicyclic) bond motifs is 1. The minimum atomic E-state index is -1.64. The molecule has 0 N–H and O–H groups in total. The van der Waals surface area contributed by atoms with E-state index in [1.54, 1.807) is 11.1 Å². The van der Waals surface area contributed by atoms with Gasteiger partial charge in [-0.15, -0.1) is 0 Å². The number of hydrogen-bond acceptors (Lipinski definition) is 1. The van der Waals surface area contributed by atoms with E-state index >= 15 is 0 Å². The molecule has 0 fully saturated rings. The highest BCUT2D eigenvalue weighted by Gasteiger charge is 2.47. The van der Waals surface area contributed by atoms with Crippen molar-refractivity contribution in [2.45, 2.75) is 37.4 Å². The van der Waals surface area contributed by atoms with Crippen molar-refractivity contribution in [1.29, 1.82) is 0 Å². The van der Waals surface area contributed by atoms with E-state index < -0.39 is 16.4 Å². The molecule has 1 aromatic rings. The third kappa shape index (κ3) is 2.19. The second kappa shape index (κ2) is 3.86. The fourth-order valence-corrected chi connectivity index (χ4v) is 15.1. The largest absolute Gasteiger partial charge is 0.485 e. The standard InChI is InChI=1S/C12H19BOSi2/c1-15(2,9-16(3,4)14-13)12-10-7-5-6-8-11(10)12/h5-8,12H,9H2,1-4H3. The Morgan fingerprint density at radius 1 is 1.12 bits per heavy atom. The zero-order chi connectivity index (χ0) is 12.0. The lowest BCUT2D eigenvalue weighted by Crippen LogP contribution is -2.42. The van der Waals surface area contributed by atoms with Gasteiger partial charge in [-0.05, 0) is 29.9 Å². The first-order chi connectivity index (χ1) is 7.37. The van der Waals surface area contributed by atoms with Gasteiger partial charge in [0.15, 0.2) is 8.32 Å². The van der Waals surface area contributed by atoms with Crippen LogP contribution in [0.2, 0.25) is 31.9 Å². The molecule has 0 saturated carbocycles. The molecule has 0 bridgehead atoms. The normalized spacial score (nSPS) is 16.0. The maximum atomic E-state index is 5.42. The van der Waals surface area contributed by atoms with Crippen LogP contribution in [0.1, 0.15) is 16.7 Å². The molecule has 2 rings (SSSR count). The van der Waals surface area contributed by atoms with Crippen molar-refractivity contribution in [3.05, 3.63) is 35.4 Å². The molecule has 0 aromatic heterocycles. The summed E-state index contributed by atoms with van der Waals surface area (Å²) in [6.45, 7) is 9.36. The van der Waals surface area contributed by atoms with Crippen LogP contribution in [-0.2, 0) is 4.34 Å². The van der Waals surface area contributed by atoms with E-state index in [0.29, 0.717) is 0 Å². The summed E-state index contributed by atoms with van der Waals surface area (Å²) in [7, 11) is 2.51. The minimum Gasteiger partial charge on any atom is -0.485 e. The first-order valence-electron chi connectivity index (χ1n) is 5.84. The van der Waals surface area contributed by atoms with Crippen LogP contribution < -0.4 is 0 Å². The monoisotopic (exact) mass is 246 g/mol. The van der Waals surface area contributed by atoms with Crippen molar-refractivity contribution >= 4 is 24.4 Å². The number of benzene rings is 1. The lowest BCUT2D eigenvalue weighted by atomic mass is 10.4. The summed E-state index contributed by atoms with van der Waals surface area (Å²) in [5, 5.41) is 0. The summed E-state index contributed by atoms with van der Waals surface area (Å²) in [5.41, 5.74) is 5.13. The third-order valence-electron chi connectivity index (χ3n) is 3.52. The fourth-order valence-electron chi connectivity index (χ4n) is 3.04. The zero-order valence-electron chi connectivity index (χ0n) is 10.6. The van der Waals surface area contributed by atoms with Gasteiger partial charge < -0.3 is 4.34 Å². The van der Waals surface area contributed by atoms with Crippen LogP contribution in [0.25, 0.3) is 0 Å². The van der Waals surface area contributed by atoms with E-state index in [9.17, 15) is 0 Å². The molecule has 0 aliphatic heterocycles.